The van der Waals surface area contributed by atoms with Crippen LogP contribution in [0, 0.1) is 0 Å². The SMILES string of the molecule is COC(=O)NC1CCN(c2ccc3c(c2)NC(=O)C3=O)C1. The second-order valence-electron chi connectivity index (χ2n) is 5.08. The number of alkyl carbamates (subject to hydrolysis) is 1. The maximum atomic E-state index is 11.5. The van der Waals surface area contributed by atoms with Crippen molar-refractivity contribution in [3.63, 3.8) is 0 Å². The van der Waals surface area contributed by atoms with Crippen molar-refractivity contribution in [2.75, 3.05) is 30.4 Å². The van der Waals surface area contributed by atoms with E-state index in [0.717, 1.165) is 18.7 Å². The molecule has 1 saturated heterocycles. The molecule has 1 aromatic rings. The molecule has 2 N–H and O–H groups in total. The summed E-state index contributed by atoms with van der Waals surface area (Å²) in [5.74, 6) is -1.09. The van der Waals surface area contributed by atoms with Gasteiger partial charge in [-0.25, -0.2) is 4.79 Å². The number of anilines is 2. The summed E-state index contributed by atoms with van der Waals surface area (Å²) in [7, 11) is 1.34. The molecule has 2 aliphatic heterocycles. The Morgan fingerprint density at radius 1 is 1.43 bits per heavy atom. The number of nitrogens with one attached hydrogen (secondary N) is 2. The predicted molar refractivity (Wildman–Crippen MR) is 75.6 cm³/mol. The average molecular weight is 289 g/mol. The molecule has 2 amide bonds. The zero-order valence-electron chi connectivity index (χ0n) is 11.5. The highest BCUT2D eigenvalue weighted by atomic mass is 16.5. The van der Waals surface area contributed by atoms with E-state index >= 15 is 0 Å². The third kappa shape index (κ3) is 2.42. The number of Topliss-reactive ketones (excluding diaryl/α,β-unsaturated/α-hetero) is 1. The first-order valence-corrected chi connectivity index (χ1v) is 6.67. The number of rotatable bonds is 2. The lowest BCUT2D eigenvalue weighted by atomic mass is 10.1. The highest BCUT2D eigenvalue weighted by molar-refractivity contribution is 6.51. The van der Waals surface area contributed by atoms with Gasteiger partial charge < -0.3 is 20.3 Å². The predicted octanol–water partition coefficient (Wildman–Crippen LogP) is 0.756. The summed E-state index contributed by atoms with van der Waals surface area (Å²) in [6, 6.07) is 5.30. The van der Waals surface area contributed by atoms with E-state index in [-0.39, 0.29) is 6.04 Å². The van der Waals surface area contributed by atoms with Crippen molar-refractivity contribution in [1.82, 2.24) is 5.32 Å². The van der Waals surface area contributed by atoms with Crippen LogP contribution < -0.4 is 15.5 Å². The van der Waals surface area contributed by atoms with Gasteiger partial charge in [-0.1, -0.05) is 0 Å². The summed E-state index contributed by atoms with van der Waals surface area (Å²) in [6.45, 7) is 1.45. The fourth-order valence-electron chi connectivity index (χ4n) is 2.67. The Morgan fingerprint density at radius 2 is 2.24 bits per heavy atom. The quantitative estimate of drug-likeness (QED) is 0.785. The third-order valence-electron chi connectivity index (χ3n) is 3.76. The third-order valence-corrected chi connectivity index (χ3v) is 3.76. The van der Waals surface area contributed by atoms with Crippen molar-refractivity contribution in [2.24, 2.45) is 0 Å². The number of methoxy groups -OCH3 is 1. The normalized spacial score (nSPS) is 20.2. The van der Waals surface area contributed by atoms with Crippen LogP contribution in [0.4, 0.5) is 16.2 Å². The fourth-order valence-corrected chi connectivity index (χ4v) is 2.67. The van der Waals surface area contributed by atoms with Crippen molar-refractivity contribution in [1.29, 1.82) is 0 Å². The van der Waals surface area contributed by atoms with Gasteiger partial charge in [-0.15, -0.1) is 0 Å². The minimum atomic E-state index is -0.589. The van der Waals surface area contributed by atoms with Crippen LogP contribution in [0.5, 0.6) is 0 Å². The first kappa shape index (κ1) is 13.4. The maximum absolute atomic E-state index is 11.5. The van der Waals surface area contributed by atoms with Crippen LogP contribution in [-0.4, -0.2) is 44.0 Å². The number of fused-ring (bicyclic) bond motifs is 1. The second kappa shape index (κ2) is 5.08. The molecule has 1 atom stereocenters. The molecule has 2 aliphatic rings. The van der Waals surface area contributed by atoms with Gasteiger partial charge in [0, 0.05) is 18.8 Å². The van der Waals surface area contributed by atoms with Crippen LogP contribution >= 0.6 is 0 Å². The summed E-state index contributed by atoms with van der Waals surface area (Å²) >= 11 is 0. The molecule has 7 nitrogen and oxygen atoms in total. The van der Waals surface area contributed by atoms with Gasteiger partial charge in [0.15, 0.2) is 0 Å². The Hall–Kier alpha value is -2.57. The molecular weight excluding hydrogens is 274 g/mol. The number of amides is 2. The number of hydrogen-bond acceptors (Lipinski definition) is 5. The monoisotopic (exact) mass is 289 g/mol. The molecule has 0 radical (unpaired) electrons. The van der Waals surface area contributed by atoms with Gasteiger partial charge in [-0.3, -0.25) is 9.59 Å². The number of ether oxygens (including phenoxy) is 1. The van der Waals surface area contributed by atoms with E-state index in [2.05, 4.69) is 20.3 Å². The summed E-state index contributed by atoms with van der Waals surface area (Å²) in [5.41, 5.74) is 1.87. The lowest BCUT2D eigenvalue weighted by molar-refractivity contribution is -0.112. The molecule has 0 bridgehead atoms. The van der Waals surface area contributed by atoms with Gasteiger partial charge in [0.2, 0.25) is 0 Å². The lowest BCUT2D eigenvalue weighted by Gasteiger charge is -2.19. The Balaban J connectivity index is 1.72. The minimum absolute atomic E-state index is 0.0296. The number of benzene rings is 1. The summed E-state index contributed by atoms with van der Waals surface area (Å²) in [6.07, 6.45) is 0.381. The van der Waals surface area contributed by atoms with E-state index < -0.39 is 17.8 Å². The summed E-state index contributed by atoms with van der Waals surface area (Å²) in [4.78, 5) is 36.2. The summed E-state index contributed by atoms with van der Waals surface area (Å²) in [5, 5.41) is 5.33. The largest absolute Gasteiger partial charge is 0.453 e. The first-order chi connectivity index (χ1) is 10.1. The number of ketones is 1. The van der Waals surface area contributed by atoms with Crippen molar-refractivity contribution in [2.45, 2.75) is 12.5 Å². The Morgan fingerprint density at radius 3 is 3.00 bits per heavy atom. The Bertz CT molecular complexity index is 629. The molecule has 110 valence electrons. The van der Waals surface area contributed by atoms with E-state index in [4.69, 9.17) is 0 Å². The van der Waals surface area contributed by atoms with Gasteiger partial charge in [0.05, 0.1) is 24.4 Å². The topological polar surface area (TPSA) is 87.7 Å². The molecular formula is C14H15N3O4. The molecule has 21 heavy (non-hydrogen) atoms. The van der Waals surface area contributed by atoms with E-state index in [1.165, 1.54) is 7.11 Å². The van der Waals surface area contributed by atoms with Gasteiger partial charge >= 0.3 is 6.09 Å². The van der Waals surface area contributed by atoms with Gasteiger partial charge in [0.25, 0.3) is 11.7 Å². The van der Waals surface area contributed by atoms with Crippen LogP contribution in [0.1, 0.15) is 16.8 Å². The first-order valence-electron chi connectivity index (χ1n) is 6.67. The smallest absolute Gasteiger partial charge is 0.407 e. The number of hydrogen-bond donors (Lipinski definition) is 2. The van der Waals surface area contributed by atoms with Crippen LogP contribution in [-0.2, 0) is 9.53 Å². The lowest BCUT2D eigenvalue weighted by Crippen LogP contribution is -2.36. The summed E-state index contributed by atoms with van der Waals surface area (Å²) < 4.78 is 4.58. The number of nitrogens with zero attached hydrogens (tertiary/aromatic N) is 1. The fraction of sp³-hybridized carbons (Fsp3) is 0.357. The molecule has 0 aromatic heterocycles. The van der Waals surface area contributed by atoms with Crippen LogP contribution in [0.2, 0.25) is 0 Å². The van der Waals surface area contributed by atoms with E-state index in [1.807, 2.05) is 6.07 Å². The minimum Gasteiger partial charge on any atom is -0.453 e. The number of carbonyl (C=O) groups is 3. The van der Waals surface area contributed by atoms with Gasteiger partial charge in [-0.2, -0.15) is 0 Å². The van der Waals surface area contributed by atoms with E-state index in [9.17, 15) is 14.4 Å². The zero-order chi connectivity index (χ0) is 15.0. The Kier molecular flexibility index (Phi) is 3.25. The molecule has 7 heteroatoms. The molecule has 0 aliphatic carbocycles. The molecule has 2 heterocycles. The zero-order valence-corrected chi connectivity index (χ0v) is 11.5. The number of carbonyl (C=O) groups excluding carboxylic acids is 3. The Labute approximate surface area is 121 Å². The molecule has 0 saturated carbocycles. The van der Waals surface area contributed by atoms with E-state index in [1.54, 1.807) is 12.1 Å². The standard InChI is InChI=1S/C14H15N3O4/c1-21-14(20)15-8-4-5-17(7-8)9-2-3-10-11(6-9)16-13(19)12(10)18/h2-3,6,8H,4-5,7H2,1H3,(H,15,20)(H,16,18,19). The molecule has 0 spiro atoms. The van der Waals surface area contributed by atoms with Crippen molar-refractivity contribution in [3.8, 4) is 0 Å². The molecule has 3 rings (SSSR count). The van der Waals surface area contributed by atoms with Crippen LogP contribution in [0.3, 0.4) is 0 Å². The van der Waals surface area contributed by atoms with Crippen LogP contribution in [0.25, 0.3) is 0 Å². The van der Waals surface area contributed by atoms with E-state index in [0.29, 0.717) is 17.8 Å². The van der Waals surface area contributed by atoms with Gasteiger partial charge in [-0.05, 0) is 24.6 Å². The molecule has 1 fully saturated rings. The highest BCUT2D eigenvalue weighted by Crippen LogP contribution is 2.30. The molecule has 1 aromatic carbocycles. The van der Waals surface area contributed by atoms with Crippen molar-refractivity contribution >= 4 is 29.2 Å². The van der Waals surface area contributed by atoms with Crippen molar-refractivity contribution in [3.05, 3.63) is 23.8 Å². The highest BCUT2D eigenvalue weighted by Gasteiger charge is 2.30. The second-order valence-corrected chi connectivity index (χ2v) is 5.08. The van der Waals surface area contributed by atoms with Crippen LogP contribution in [0.15, 0.2) is 18.2 Å². The maximum Gasteiger partial charge on any atom is 0.407 e. The van der Waals surface area contributed by atoms with Crippen molar-refractivity contribution < 1.29 is 19.1 Å². The molecule has 1 unspecified atom stereocenters. The average Bonchev–Trinajstić information content (AvgIpc) is 3.04. The van der Waals surface area contributed by atoms with Gasteiger partial charge in [0.1, 0.15) is 0 Å².